The van der Waals surface area contributed by atoms with E-state index >= 15 is 0 Å². The summed E-state index contributed by atoms with van der Waals surface area (Å²) in [5.74, 6) is -0.177. The summed E-state index contributed by atoms with van der Waals surface area (Å²) >= 11 is 1.46. The number of H-pyrrole nitrogens is 1. The Labute approximate surface area is 125 Å². The largest absolute Gasteiger partial charge is 0.358 e. The first-order chi connectivity index (χ1) is 10.2. The molecule has 0 aliphatic carbocycles. The number of hydrogen-bond donors (Lipinski definition) is 1. The lowest BCUT2D eigenvalue weighted by atomic mass is 10.0. The lowest BCUT2D eigenvalue weighted by Gasteiger charge is -2.26. The molecule has 6 heteroatoms. The van der Waals surface area contributed by atoms with Gasteiger partial charge in [-0.05, 0) is 42.2 Å². The van der Waals surface area contributed by atoms with E-state index in [9.17, 15) is 4.39 Å². The first-order valence-electron chi connectivity index (χ1n) is 7.00. The fraction of sp³-hybridized carbons (Fsp3) is 0.333. The van der Waals surface area contributed by atoms with Crippen molar-refractivity contribution in [1.29, 1.82) is 0 Å². The quantitative estimate of drug-likeness (QED) is 0.791. The molecule has 1 aliphatic rings. The van der Waals surface area contributed by atoms with E-state index < -0.39 is 0 Å². The second kappa shape index (κ2) is 4.89. The zero-order valence-electron chi connectivity index (χ0n) is 11.7. The molecule has 0 amide bonds. The monoisotopic (exact) mass is 302 g/mol. The molecular weight excluding hydrogens is 287 g/mol. The molecule has 0 unspecified atom stereocenters. The van der Waals surface area contributed by atoms with Gasteiger partial charge in [-0.2, -0.15) is 0 Å². The zero-order chi connectivity index (χ0) is 14.4. The molecule has 0 atom stereocenters. The van der Waals surface area contributed by atoms with Crippen LogP contribution in [0.2, 0.25) is 0 Å². The van der Waals surface area contributed by atoms with Gasteiger partial charge in [0, 0.05) is 42.7 Å². The Morgan fingerprint density at radius 2 is 2.33 bits per heavy atom. The summed E-state index contributed by atoms with van der Waals surface area (Å²) in [7, 11) is 0. The summed E-state index contributed by atoms with van der Waals surface area (Å²) in [6.45, 7) is 4.70. The molecular formula is C15H15FN4S. The van der Waals surface area contributed by atoms with Crippen LogP contribution < -0.4 is 0 Å². The highest BCUT2D eigenvalue weighted by Crippen LogP contribution is 2.29. The Balaban J connectivity index is 1.66. The second-order valence-electron chi connectivity index (χ2n) is 5.51. The highest BCUT2D eigenvalue weighted by molar-refractivity contribution is 7.05. The molecule has 0 saturated carbocycles. The molecule has 0 bridgehead atoms. The van der Waals surface area contributed by atoms with Crippen LogP contribution in [0.15, 0.2) is 18.2 Å². The normalized spacial score (nSPS) is 15.5. The number of hydrogen-bond acceptors (Lipinski definition) is 4. The maximum atomic E-state index is 13.5. The molecule has 3 heterocycles. The molecule has 4 rings (SSSR count). The molecule has 0 saturated heterocycles. The van der Waals surface area contributed by atoms with Crippen molar-refractivity contribution in [3.8, 4) is 0 Å². The van der Waals surface area contributed by atoms with E-state index in [1.54, 1.807) is 6.07 Å². The van der Waals surface area contributed by atoms with Crippen molar-refractivity contribution in [1.82, 2.24) is 19.5 Å². The number of rotatable bonds is 2. The lowest BCUT2D eigenvalue weighted by Crippen LogP contribution is -2.29. The van der Waals surface area contributed by atoms with Crippen molar-refractivity contribution >= 4 is 22.4 Å². The van der Waals surface area contributed by atoms with Gasteiger partial charge in [0.05, 0.1) is 10.6 Å². The molecule has 3 aromatic rings. The van der Waals surface area contributed by atoms with E-state index in [0.29, 0.717) is 0 Å². The number of halogens is 1. The van der Waals surface area contributed by atoms with Gasteiger partial charge in [-0.1, -0.05) is 4.49 Å². The van der Waals surface area contributed by atoms with Crippen LogP contribution in [-0.2, 0) is 19.5 Å². The number of benzene rings is 1. The number of nitrogens with zero attached hydrogens (tertiary/aromatic N) is 3. The van der Waals surface area contributed by atoms with Gasteiger partial charge >= 0.3 is 0 Å². The summed E-state index contributed by atoms with van der Waals surface area (Å²) in [4.78, 5) is 7.01. The molecule has 21 heavy (non-hydrogen) atoms. The smallest absolute Gasteiger partial charge is 0.123 e. The van der Waals surface area contributed by atoms with E-state index in [2.05, 4.69) is 19.5 Å². The van der Waals surface area contributed by atoms with Crippen molar-refractivity contribution in [3.05, 3.63) is 45.8 Å². The number of fused-ring (bicyclic) bond motifs is 3. The van der Waals surface area contributed by atoms with Gasteiger partial charge in [0.25, 0.3) is 0 Å². The molecule has 1 N–H and O–H groups in total. The molecule has 0 spiro atoms. The van der Waals surface area contributed by atoms with Crippen LogP contribution in [0.3, 0.4) is 0 Å². The third-order valence-electron chi connectivity index (χ3n) is 4.13. The van der Waals surface area contributed by atoms with Gasteiger partial charge in [0.2, 0.25) is 0 Å². The van der Waals surface area contributed by atoms with Gasteiger partial charge in [-0.25, -0.2) is 4.39 Å². The van der Waals surface area contributed by atoms with Crippen molar-refractivity contribution < 1.29 is 4.39 Å². The second-order valence-corrected chi connectivity index (χ2v) is 6.35. The van der Waals surface area contributed by atoms with Crippen LogP contribution in [0.4, 0.5) is 4.39 Å². The van der Waals surface area contributed by atoms with E-state index in [-0.39, 0.29) is 5.82 Å². The van der Waals surface area contributed by atoms with Gasteiger partial charge in [0.1, 0.15) is 5.82 Å². The Bertz CT molecular complexity index is 807. The van der Waals surface area contributed by atoms with Crippen molar-refractivity contribution in [2.45, 2.75) is 26.4 Å². The third-order valence-corrected chi connectivity index (χ3v) is 4.94. The summed E-state index contributed by atoms with van der Waals surface area (Å²) in [6.07, 6.45) is 0.969. The van der Waals surface area contributed by atoms with E-state index in [0.717, 1.165) is 42.7 Å². The van der Waals surface area contributed by atoms with Gasteiger partial charge < -0.3 is 4.98 Å². The Hall–Kier alpha value is -1.79. The van der Waals surface area contributed by atoms with Crippen molar-refractivity contribution in [2.24, 2.45) is 0 Å². The Morgan fingerprint density at radius 3 is 3.14 bits per heavy atom. The summed E-state index contributed by atoms with van der Waals surface area (Å²) < 4.78 is 17.5. The molecule has 0 radical (unpaired) electrons. The number of nitrogens with one attached hydrogen (secondary N) is 1. The first-order valence-corrected chi connectivity index (χ1v) is 7.77. The minimum absolute atomic E-state index is 0.177. The highest BCUT2D eigenvalue weighted by Gasteiger charge is 2.22. The highest BCUT2D eigenvalue weighted by atomic mass is 32.1. The zero-order valence-corrected chi connectivity index (χ0v) is 12.5. The van der Waals surface area contributed by atoms with Crippen molar-refractivity contribution in [3.63, 3.8) is 0 Å². The van der Waals surface area contributed by atoms with Crippen LogP contribution in [-0.4, -0.2) is 26.0 Å². The topological polar surface area (TPSA) is 44.8 Å². The maximum Gasteiger partial charge on any atom is 0.123 e. The predicted octanol–water partition coefficient (Wildman–Crippen LogP) is 3.03. The van der Waals surface area contributed by atoms with Gasteiger partial charge in [-0.15, -0.1) is 5.10 Å². The van der Waals surface area contributed by atoms with Gasteiger partial charge in [-0.3, -0.25) is 4.90 Å². The maximum absolute atomic E-state index is 13.5. The summed E-state index contributed by atoms with van der Waals surface area (Å²) in [6, 6.07) is 4.96. The average Bonchev–Trinajstić information content (AvgIpc) is 3.03. The van der Waals surface area contributed by atoms with Crippen LogP contribution in [0.5, 0.6) is 0 Å². The minimum Gasteiger partial charge on any atom is -0.358 e. The lowest BCUT2D eigenvalue weighted by molar-refractivity contribution is 0.247. The van der Waals surface area contributed by atoms with Crippen LogP contribution in [0.1, 0.15) is 21.8 Å². The molecule has 1 aromatic carbocycles. The fourth-order valence-electron chi connectivity index (χ4n) is 2.98. The van der Waals surface area contributed by atoms with Crippen LogP contribution in [0.25, 0.3) is 10.9 Å². The standard InChI is InChI=1S/C15H15FN4S/c1-9-15(21-19-18-9)8-20-5-4-14-12(7-20)11-6-10(16)2-3-13(11)17-14/h2-3,6,17H,4-5,7-8H2,1H3. The first kappa shape index (κ1) is 12.9. The minimum atomic E-state index is -0.177. The van der Waals surface area contributed by atoms with Crippen LogP contribution >= 0.6 is 11.5 Å². The number of aromatic amines is 1. The molecule has 0 fully saturated rings. The van der Waals surface area contributed by atoms with Gasteiger partial charge in [0.15, 0.2) is 0 Å². The third kappa shape index (κ3) is 2.24. The number of aromatic nitrogens is 3. The van der Waals surface area contributed by atoms with E-state index in [4.69, 9.17) is 0 Å². The molecule has 1 aliphatic heterocycles. The fourth-order valence-corrected chi connectivity index (χ4v) is 3.65. The molecule has 108 valence electrons. The van der Waals surface area contributed by atoms with E-state index in [1.165, 1.54) is 33.7 Å². The van der Waals surface area contributed by atoms with Crippen LogP contribution in [0, 0.1) is 12.7 Å². The Kier molecular flexibility index (Phi) is 3.01. The summed E-state index contributed by atoms with van der Waals surface area (Å²) in [5.41, 5.74) is 4.51. The van der Waals surface area contributed by atoms with E-state index in [1.807, 2.05) is 13.0 Å². The number of aryl methyl sites for hydroxylation is 1. The SMILES string of the molecule is Cc1nnsc1CN1CCc2[nH]c3ccc(F)cc3c2C1. The Morgan fingerprint density at radius 1 is 1.43 bits per heavy atom. The summed E-state index contributed by atoms with van der Waals surface area (Å²) in [5, 5.41) is 5.07. The van der Waals surface area contributed by atoms with Crippen molar-refractivity contribution in [2.75, 3.05) is 6.54 Å². The average molecular weight is 302 g/mol. The molecule has 4 nitrogen and oxygen atoms in total. The molecule has 2 aromatic heterocycles. The predicted molar refractivity (Wildman–Crippen MR) is 80.7 cm³/mol.